The Labute approximate surface area is 237 Å². The molecule has 1 heterocycles. The summed E-state index contributed by atoms with van der Waals surface area (Å²) < 4.78 is 12.0. The van der Waals surface area contributed by atoms with E-state index in [1.54, 1.807) is 48.5 Å². The van der Waals surface area contributed by atoms with E-state index in [0.717, 1.165) is 21.6 Å². The maximum absolute atomic E-state index is 13.4. The van der Waals surface area contributed by atoms with Crippen molar-refractivity contribution in [3.8, 4) is 11.5 Å². The summed E-state index contributed by atoms with van der Waals surface area (Å²) in [6.45, 7) is 9.91. The van der Waals surface area contributed by atoms with Crippen LogP contribution in [-0.4, -0.2) is 35.5 Å². The molecule has 1 saturated heterocycles. The molecule has 0 aliphatic carbocycles. The first-order chi connectivity index (χ1) is 19.6. The van der Waals surface area contributed by atoms with Gasteiger partial charge in [0.25, 0.3) is 11.8 Å². The van der Waals surface area contributed by atoms with Crippen LogP contribution >= 0.6 is 0 Å². The number of carbonyl (C=O) groups excluding carboxylic acids is 3. The molecule has 3 aromatic rings. The molecule has 1 aliphatic rings. The predicted molar refractivity (Wildman–Crippen MR) is 154 cm³/mol. The minimum absolute atomic E-state index is 0.151. The molecular formula is C32H30N2O7. The number of aryl methyl sites for hydroxylation is 2. The smallest absolute Gasteiger partial charge is 0.335 e. The van der Waals surface area contributed by atoms with E-state index in [0.29, 0.717) is 41.3 Å². The largest absolute Gasteiger partial charge is 0.490 e. The predicted octanol–water partition coefficient (Wildman–Crippen LogP) is 5.37. The number of ether oxygens (including phenoxy) is 2. The molecule has 4 rings (SSSR count). The molecule has 3 aromatic carbocycles. The summed E-state index contributed by atoms with van der Waals surface area (Å²) in [7, 11) is 0. The molecule has 0 saturated carbocycles. The lowest BCUT2D eigenvalue weighted by atomic mass is 10.0. The van der Waals surface area contributed by atoms with Gasteiger partial charge in [-0.05, 0) is 91.9 Å². The van der Waals surface area contributed by atoms with Gasteiger partial charge in [-0.3, -0.25) is 14.9 Å². The number of carboxylic acids is 1. The summed E-state index contributed by atoms with van der Waals surface area (Å²) >= 11 is 0. The lowest BCUT2D eigenvalue weighted by Crippen LogP contribution is -2.54. The lowest BCUT2D eigenvalue weighted by Gasteiger charge is -2.27. The van der Waals surface area contributed by atoms with Crippen LogP contribution in [0.1, 0.15) is 45.1 Å². The zero-order valence-corrected chi connectivity index (χ0v) is 23.0. The van der Waals surface area contributed by atoms with Crippen LogP contribution in [-0.2, 0) is 22.6 Å². The first kappa shape index (κ1) is 28.8. The topological polar surface area (TPSA) is 122 Å². The number of urea groups is 1. The maximum atomic E-state index is 13.4. The van der Waals surface area contributed by atoms with Crippen molar-refractivity contribution in [3.05, 3.63) is 106 Å². The number of hydrogen-bond donors (Lipinski definition) is 2. The van der Waals surface area contributed by atoms with Crippen molar-refractivity contribution in [1.82, 2.24) is 5.32 Å². The minimum atomic E-state index is -1.01. The van der Waals surface area contributed by atoms with Crippen molar-refractivity contribution in [2.75, 3.05) is 11.5 Å². The van der Waals surface area contributed by atoms with Gasteiger partial charge in [0.15, 0.2) is 11.5 Å². The zero-order chi connectivity index (χ0) is 29.7. The molecular weight excluding hydrogens is 524 g/mol. The van der Waals surface area contributed by atoms with Gasteiger partial charge in [-0.2, -0.15) is 0 Å². The Bertz CT molecular complexity index is 1570. The van der Waals surface area contributed by atoms with Crippen LogP contribution in [0.15, 0.2) is 72.8 Å². The van der Waals surface area contributed by atoms with Crippen LogP contribution in [0.4, 0.5) is 10.5 Å². The fourth-order valence-corrected chi connectivity index (χ4v) is 4.32. The van der Waals surface area contributed by atoms with Crippen LogP contribution in [0.3, 0.4) is 0 Å². The molecule has 1 fully saturated rings. The van der Waals surface area contributed by atoms with Gasteiger partial charge in [0.2, 0.25) is 0 Å². The second kappa shape index (κ2) is 12.3. The molecule has 0 radical (unpaired) electrons. The number of carbonyl (C=O) groups is 4. The molecule has 210 valence electrons. The van der Waals surface area contributed by atoms with Gasteiger partial charge < -0.3 is 14.6 Å². The normalized spacial score (nSPS) is 14.2. The van der Waals surface area contributed by atoms with E-state index in [1.165, 1.54) is 18.2 Å². The van der Waals surface area contributed by atoms with Crippen molar-refractivity contribution in [3.63, 3.8) is 0 Å². The Morgan fingerprint density at radius 3 is 2.37 bits per heavy atom. The van der Waals surface area contributed by atoms with E-state index < -0.39 is 23.8 Å². The standard InChI is InChI=1S/C32H30N2O7/c1-5-7-24-15-22(17-27(40-6-2)28(24)41-18-21-9-11-23(12-10-21)31(37)38)16-26-29(35)33-32(39)34(30(26)36)25-13-8-19(3)20(4)14-25/h5,8-17H,1,6-7,18H2,2-4H3,(H,37,38)(H,33,35,39)/b26-16+. The van der Waals surface area contributed by atoms with E-state index in [-0.39, 0.29) is 17.7 Å². The molecule has 4 amide bonds. The SMILES string of the molecule is C=CCc1cc(/C=C2\C(=O)NC(=O)N(c3ccc(C)c(C)c3)C2=O)cc(OCC)c1OCc1ccc(C(=O)O)cc1. The fraction of sp³-hybridized carbons (Fsp3) is 0.188. The highest BCUT2D eigenvalue weighted by Gasteiger charge is 2.37. The van der Waals surface area contributed by atoms with E-state index >= 15 is 0 Å². The van der Waals surface area contributed by atoms with Crippen molar-refractivity contribution in [2.24, 2.45) is 0 Å². The third kappa shape index (κ3) is 6.36. The van der Waals surface area contributed by atoms with Crippen molar-refractivity contribution in [1.29, 1.82) is 0 Å². The number of rotatable bonds is 10. The van der Waals surface area contributed by atoms with Crippen molar-refractivity contribution in [2.45, 2.75) is 33.8 Å². The number of carboxylic acid groups (broad SMARTS) is 1. The van der Waals surface area contributed by atoms with Gasteiger partial charge in [0.05, 0.1) is 17.9 Å². The van der Waals surface area contributed by atoms with Crippen LogP contribution in [0.2, 0.25) is 0 Å². The second-order valence-corrected chi connectivity index (χ2v) is 9.45. The number of allylic oxidation sites excluding steroid dienone is 1. The summed E-state index contributed by atoms with van der Waals surface area (Å²) in [5.41, 5.74) is 4.18. The zero-order valence-electron chi connectivity index (χ0n) is 23.0. The first-order valence-corrected chi connectivity index (χ1v) is 13.0. The Morgan fingerprint density at radius 1 is 1.00 bits per heavy atom. The number of nitrogens with one attached hydrogen (secondary N) is 1. The van der Waals surface area contributed by atoms with Gasteiger partial charge in [0, 0.05) is 5.56 Å². The number of hydrogen-bond acceptors (Lipinski definition) is 6. The van der Waals surface area contributed by atoms with Gasteiger partial charge in [-0.25, -0.2) is 14.5 Å². The highest BCUT2D eigenvalue weighted by atomic mass is 16.5. The van der Waals surface area contributed by atoms with Gasteiger partial charge in [-0.1, -0.05) is 24.3 Å². The number of benzene rings is 3. The molecule has 1 aliphatic heterocycles. The average Bonchev–Trinajstić information content (AvgIpc) is 2.93. The molecule has 9 nitrogen and oxygen atoms in total. The molecule has 0 bridgehead atoms. The number of aromatic carboxylic acids is 1. The van der Waals surface area contributed by atoms with E-state index in [9.17, 15) is 19.2 Å². The number of nitrogens with zero attached hydrogens (tertiary/aromatic N) is 1. The summed E-state index contributed by atoms with van der Waals surface area (Å²) in [5.74, 6) is -1.70. The molecule has 0 unspecified atom stereocenters. The summed E-state index contributed by atoms with van der Waals surface area (Å²) in [6.07, 6.45) is 3.51. The van der Waals surface area contributed by atoms with Crippen molar-refractivity contribution >= 4 is 35.6 Å². The Kier molecular flexibility index (Phi) is 8.67. The Hall–Kier alpha value is -5.18. The van der Waals surface area contributed by atoms with Crippen molar-refractivity contribution < 1.29 is 33.8 Å². The number of barbiturate groups is 1. The van der Waals surface area contributed by atoms with Gasteiger partial charge >= 0.3 is 12.0 Å². The third-order valence-corrected chi connectivity index (χ3v) is 6.56. The highest BCUT2D eigenvalue weighted by molar-refractivity contribution is 6.39. The van der Waals surface area contributed by atoms with Gasteiger partial charge in [0.1, 0.15) is 12.2 Å². The highest BCUT2D eigenvalue weighted by Crippen LogP contribution is 2.36. The number of amides is 4. The molecule has 41 heavy (non-hydrogen) atoms. The maximum Gasteiger partial charge on any atom is 0.335 e. The van der Waals surface area contributed by atoms with Crippen LogP contribution in [0.5, 0.6) is 11.5 Å². The number of anilines is 1. The third-order valence-electron chi connectivity index (χ3n) is 6.56. The molecule has 0 atom stereocenters. The quantitative estimate of drug-likeness (QED) is 0.196. The van der Waals surface area contributed by atoms with Crippen LogP contribution in [0, 0.1) is 13.8 Å². The number of imide groups is 2. The Balaban J connectivity index is 1.70. The van der Waals surface area contributed by atoms with E-state index in [2.05, 4.69) is 11.9 Å². The van der Waals surface area contributed by atoms with E-state index in [4.69, 9.17) is 14.6 Å². The average molecular weight is 555 g/mol. The summed E-state index contributed by atoms with van der Waals surface area (Å²) in [4.78, 5) is 50.9. The monoisotopic (exact) mass is 554 g/mol. The second-order valence-electron chi connectivity index (χ2n) is 9.45. The van der Waals surface area contributed by atoms with E-state index in [1.807, 2.05) is 20.8 Å². The molecule has 9 heteroatoms. The fourth-order valence-electron chi connectivity index (χ4n) is 4.32. The summed E-state index contributed by atoms with van der Waals surface area (Å²) in [5, 5.41) is 11.4. The molecule has 2 N–H and O–H groups in total. The molecule has 0 aromatic heterocycles. The molecule has 0 spiro atoms. The summed E-state index contributed by atoms with van der Waals surface area (Å²) in [6, 6.07) is 14.1. The first-order valence-electron chi connectivity index (χ1n) is 13.0. The van der Waals surface area contributed by atoms with Crippen LogP contribution in [0.25, 0.3) is 6.08 Å². The Morgan fingerprint density at radius 2 is 1.73 bits per heavy atom. The minimum Gasteiger partial charge on any atom is -0.490 e. The van der Waals surface area contributed by atoms with Crippen LogP contribution < -0.4 is 19.7 Å². The van der Waals surface area contributed by atoms with Gasteiger partial charge in [-0.15, -0.1) is 6.58 Å². The lowest BCUT2D eigenvalue weighted by molar-refractivity contribution is -0.122.